The van der Waals surface area contributed by atoms with Crippen LogP contribution in [0.5, 0.6) is 0 Å². The first kappa shape index (κ1) is 14.3. The molecular formula is C15H23NS. The molecule has 0 saturated heterocycles. The van der Waals surface area contributed by atoms with Gasteiger partial charge in [0.15, 0.2) is 0 Å². The zero-order valence-corrected chi connectivity index (χ0v) is 11.8. The maximum atomic E-state index is 5.32. The van der Waals surface area contributed by atoms with Gasteiger partial charge in [-0.2, -0.15) is 0 Å². The molecule has 2 heteroatoms. The van der Waals surface area contributed by atoms with Crippen molar-refractivity contribution in [2.75, 3.05) is 6.54 Å². The van der Waals surface area contributed by atoms with E-state index in [0.29, 0.717) is 6.04 Å². The SMILES string of the molecule is C#CCCCC(NCCC)c1sccc1CC. The highest BCUT2D eigenvalue weighted by molar-refractivity contribution is 7.10. The number of rotatable bonds is 8. The van der Waals surface area contributed by atoms with Crippen LogP contribution in [-0.4, -0.2) is 6.54 Å². The van der Waals surface area contributed by atoms with Crippen molar-refractivity contribution in [3.63, 3.8) is 0 Å². The van der Waals surface area contributed by atoms with Gasteiger partial charge in [-0.05, 0) is 49.2 Å². The van der Waals surface area contributed by atoms with Crippen molar-refractivity contribution in [3.05, 3.63) is 21.9 Å². The highest BCUT2D eigenvalue weighted by atomic mass is 32.1. The fourth-order valence-corrected chi connectivity index (χ4v) is 3.11. The Hall–Kier alpha value is -0.780. The van der Waals surface area contributed by atoms with Crippen molar-refractivity contribution < 1.29 is 0 Å². The van der Waals surface area contributed by atoms with Crippen molar-refractivity contribution >= 4 is 11.3 Å². The van der Waals surface area contributed by atoms with E-state index >= 15 is 0 Å². The van der Waals surface area contributed by atoms with Gasteiger partial charge in [-0.1, -0.05) is 13.8 Å². The topological polar surface area (TPSA) is 12.0 Å². The Kier molecular flexibility index (Phi) is 7.00. The lowest BCUT2D eigenvalue weighted by Crippen LogP contribution is -2.22. The third kappa shape index (κ3) is 4.53. The molecule has 0 amide bonds. The van der Waals surface area contributed by atoms with E-state index in [0.717, 1.165) is 32.2 Å². The molecule has 0 radical (unpaired) electrons. The molecule has 0 saturated carbocycles. The van der Waals surface area contributed by atoms with E-state index in [1.54, 1.807) is 0 Å². The average Bonchev–Trinajstić information content (AvgIpc) is 2.81. The van der Waals surface area contributed by atoms with Crippen molar-refractivity contribution in [2.45, 2.75) is 52.0 Å². The highest BCUT2D eigenvalue weighted by Crippen LogP contribution is 2.28. The summed E-state index contributed by atoms with van der Waals surface area (Å²) in [6.07, 6.45) is 10.8. The van der Waals surface area contributed by atoms with Crippen LogP contribution < -0.4 is 5.32 Å². The number of thiophene rings is 1. The molecule has 17 heavy (non-hydrogen) atoms. The number of terminal acetylenes is 1. The third-order valence-corrected chi connectivity index (χ3v) is 4.01. The summed E-state index contributed by atoms with van der Waals surface area (Å²) in [5.41, 5.74) is 1.49. The predicted molar refractivity (Wildman–Crippen MR) is 77.4 cm³/mol. The lowest BCUT2D eigenvalue weighted by Gasteiger charge is -2.18. The van der Waals surface area contributed by atoms with E-state index in [1.807, 2.05) is 11.3 Å². The second-order valence-electron chi connectivity index (χ2n) is 4.27. The molecule has 0 aliphatic carbocycles. The van der Waals surface area contributed by atoms with E-state index in [2.05, 4.69) is 36.5 Å². The summed E-state index contributed by atoms with van der Waals surface area (Å²) in [5, 5.41) is 5.85. The van der Waals surface area contributed by atoms with E-state index < -0.39 is 0 Å². The number of unbranched alkanes of at least 4 members (excludes halogenated alkanes) is 1. The summed E-state index contributed by atoms with van der Waals surface area (Å²) in [7, 11) is 0. The van der Waals surface area contributed by atoms with Crippen molar-refractivity contribution in [2.24, 2.45) is 0 Å². The minimum Gasteiger partial charge on any atom is -0.309 e. The molecule has 0 aliphatic rings. The summed E-state index contributed by atoms with van der Waals surface area (Å²) >= 11 is 1.88. The third-order valence-electron chi connectivity index (χ3n) is 2.93. The lowest BCUT2D eigenvalue weighted by molar-refractivity contribution is 0.491. The largest absolute Gasteiger partial charge is 0.309 e. The normalized spacial score (nSPS) is 12.3. The van der Waals surface area contributed by atoms with Crippen LogP contribution >= 0.6 is 11.3 Å². The van der Waals surface area contributed by atoms with Gasteiger partial charge >= 0.3 is 0 Å². The molecule has 1 aromatic rings. The van der Waals surface area contributed by atoms with Crippen LogP contribution in [0.4, 0.5) is 0 Å². The summed E-state index contributed by atoms with van der Waals surface area (Å²) in [6, 6.07) is 2.75. The molecule has 94 valence electrons. The molecule has 1 atom stereocenters. The van der Waals surface area contributed by atoms with Crippen LogP contribution in [0.1, 0.15) is 56.0 Å². The summed E-state index contributed by atoms with van der Waals surface area (Å²) in [6.45, 7) is 5.52. The van der Waals surface area contributed by atoms with Gasteiger partial charge in [-0.15, -0.1) is 23.7 Å². The van der Waals surface area contributed by atoms with Gasteiger partial charge in [0.25, 0.3) is 0 Å². The maximum Gasteiger partial charge on any atom is 0.0417 e. The van der Waals surface area contributed by atoms with E-state index in [4.69, 9.17) is 6.42 Å². The molecule has 0 spiro atoms. The van der Waals surface area contributed by atoms with E-state index in [9.17, 15) is 0 Å². The van der Waals surface area contributed by atoms with Crippen molar-refractivity contribution in [3.8, 4) is 12.3 Å². The molecule has 0 fully saturated rings. The highest BCUT2D eigenvalue weighted by Gasteiger charge is 2.14. The van der Waals surface area contributed by atoms with Gasteiger partial charge in [0.1, 0.15) is 0 Å². The van der Waals surface area contributed by atoms with Crippen LogP contribution in [-0.2, 0) is 6.42 Å². The molecule has 1 rings (SSSR count). The first-order valence-corrected chi connectivity index (χ1v) is 7.44. The Balaban J connectivity index is 2.64. The molecule has 1 unspecified atom stereocenters. The molecule has 1 nitrogen and oxygen atoms in total. The fourth-order valence-electron chi connectivity index (χ4n) is 2.00. The maximum absolute atomic E-state index is 5.32. The minimum atomic E-state index is 0.498. The Morgan fingerprint density at radius 2 is 2.29 bits per heavy atom. The smallest absolute Gasteiger partial charge is 0.0417 e. The van der Waals surface area contributed by atoms with Crippen LogP contribution in [0.2, 0.25) is 0 Å². The van der Waals surface area contributed by atoms with E-state index in [-0.39, 0.29) is 0 Å². The quantitative estimate of drug-likeness (QED) is 0.539. The molecule has 1 N–H and O–H groups in total. The molecule has 1 aromatic heterocycles. The zero-order chi connectivity index (χ0) is 12.5. The molecule has 0 bridgehead atoms. The minimum absolute atomic E-state index is 0.498. The Labute approximate surface area is 110 Å². The molecular weight excluding hydrogens is 226 g/mol. The van der Waals surface area contributed by atoms with Gasteiger partial charge in [-0.3, -0.25) is 0 Å². The fraction of sp³-hybridized carbons (Fsp3) is 0.600. The summed E-state index contributed by atoms with van der Waals surface area (Å²) in [5.74, 6) is 2.73. The van der Waals surface area contributed by atoms with Gasteiger partial charge in [0.05, 0.1) is 0 Å². The van der Waals surface area contributed by atoms with Crippen LogP contribution in [0.25, 0.3) is 0 Å². The number of hydrogen-bond acceptors (Lipinski definition) is 2. The van der Waals surface area contributed by atoms with Gasteiger partial charge in [-0.25, -0.2) is 0 Å². The van der Waals surface area contributed by atoms with Crippen molar-refractivity contribution in [1.29, 1.82) is 0 Å². The van der Waals surface area contributed by atoms with Crippen LogP contribution in [0.3, 0.4) is 0 Å². The first-order chi connectivity index (χ1) is 8.33. The lowest BCUT2D eigenvalue weighted by atomic mass is 10.0. The van der Waals surface area contributed by atoms with Gasteiger partial charge < -0.3 is 5.32 Å². The number of hydrogen-bond donors (Lipinski definition) is 1. The van der Waals surface area contributed by atoms with Crippen molar-refractivity contribution in [1.82, 2.24) is 5.32 Å². The Morgan fingerprint density at radius 1 is 1.47 bits per heavy atom. The molecule has 0 aromatic carbocycles. The molecule has 1 heterocycles. The summed E-state index contributed by atoms with van der Waals surface area (Å²) in [4.78, 5) is 1.51. The van der Waals surface area contributed by atoms with Gasteiger partial charge in [0, 0.05) is 17.3 Å². The Bertz CT molecular complexity index is 348. The standard InChI is InChI=1S/C15H23NS/c1-4-7-8-9-14(16-11-5-2)15-13(6-3)10-12-17-15/h1,10,12,14,16H,5-9,11H2,2-3H3. The van der Waals surface area contributed by atoms with Crippen LogP contribution in [0, 0.1) is 12.3 Å². The monoisotopic (exact) mass is 249 g/mol. The van der Waals surface area contributed by atoms with Crippen LogP contribution in [0.15, 0.2) is 11.4 Å². The van der Waals surface area contributed by atoms with E-state index in [1.165, 1.54) is 16.9 Å². The predicted octanol–water partition coefficient (Wildman–Crippen LogP) is 4.15. The summed E-state index contributed by atoms with van der Waals surface area (Å²) < 4.78 is 0. The Morgan fingerprint density at radius 3 is 2.94 bits per heavy atom. The number of nitrogens with one attached hydrogen (secondary N) is 1. The second-order valence-corrected chi connectivity index (χ2v) is 5.21. The number of aryl methyl sites for hydroxylation is 1. The zero-order valence-electron chi connectivity index (χ0n) is 11.0. The first-order valence-electron chi connectivity index (χ1n) is 6.56. The average molecular weight is 249 g/mol. The second kappa shape index (κ2) is 8.33. The van der Waals surface area contributed by atoms with Gasteiger partial charge in [0.2, 0.25) is 0 Å². The molecule has 0 aliphatic heterocycles.